The third-order valence-electron chi connectivity index (χ3n) is 6.97. The fraction of sp³-hybridized carbons (Fsp3) is 0. The Bertz CT molecular complexity index is 2140. The van der Waals surface area contributed by atoms with Crippen molar-refractivity contribution in [1.82, 2.24) is 33.9 Å². The molecule has 0 bridgehead atoms. The summed E-state index contributed by atoms with van der Waals surface area (Å²) in [7, 11) is 0. The Kier molecular flexibility index (Phi) is 4.96. The van der Waals surface area contributed by atoms with Gasteiger partial charge < -0.3 is 4.74 Å². The van der Waals surface area contributed by atoms with E-state index in [4.69, 9.17) is 9.84 Å². The summed E-state index contributed by atoms with van der Waals surface area (Å²) in [5, 5.41) is 7.08. The molecular formula is C32H21N7O. The third kappa shape index (κ3) is 3.62. The summed E-state index contributed by atoms with van der Waals surface area (Å²) in [6.45, 7) is 0. The number of hydrogen-bond donors (Lipinski definition) is 0. The van der Waals surface area contributed by atoms with E-state index in [-0.39, 0.29) is 0 Å². The van der Waals surface area contributed by atoms with Crippen molar-refractivity contribution in [1.29, 1.82) is 0 Å². The molecule has 0 aliphatic rings. The Balaban J connectivity index is 1.17. The second kappa shape index (κ2) is 8.92. The van der Waals surface area contributed by atoms with E-state index < -0.39 is 0 Å². The lowest BCUT2D eigenvalue weighted by Gasteiger charge is -2.10. The van der Waals surface area contributed by atoms with E-state index in [0.717, 1.165) is 44.7 Å². The number of para-hydroxylation sites is 1. The zero-order valence-corrected chi connectivity index (χ0v) is 21.2. The minimum atomic E-state index is 0.604. The molecule has 0 atom stereocenters. The van der Waals surface area contributed by atoms with Crippen LogP contribution in [0.2, 0.25) is 0 Å². The van der Waals surface area contributed by atoms with Crippen LogP contribution in [0.1, 0.15) is 0 Å². The van der Waals surface area contributed by atoms with Gasteiger partial charge in [0.05, 0.1) is 28.4 Å². The molecule has 8 nitrogen and oxygen atoms in total. The molecule has 0 N–H and O–H groups in total. The van der Waals surface area contributed by atoms with E-state index in [1.807, 2.05) is 82.4 Å². The molecule has 5 heterocycles. The van der Waals surface area contributed by atoms with Crippen molar-refractivity contribution in [2.24, 2.45) is 0 Å². The molecule has 8 aromatic rings. The van der Waals surface area contributed by atoms with Gasteiger partial charge in [-0.05, 0) is 54.6 Å². The van der Waals surface area contributed by atoms with Crippen LogP contribution in [0.4, 0.5) is 0 Å². The fourth-order valence-corrected chi connectivity index (χ4v) is 5.20. The molecule has 0 amide bonds. The van der Waals surface area contributed by atoms with Crippen molar-refractivity contribution in [2.75, 3.05) is 0 Å². The first-order valence-electron chi connectivity index (χ1n) is 12.9. The maximum absolute atomic E-state index is 6.38. The molecule has 0 unspecified atom stereocenters. The molecule has 5 aromatic heterocycles. The van der Waals surface area contributed by atoms with Gasteiger partial charge in [-0.15, -0.1) is 0 Å². The number of fused-ring (bicyclic) bond motifs is 4. The molecule has 0 aliphatic heterocycles. The number of rotatable bonds is 5. The minimum Gasteiger partial charge on any atom is -0.457 e. The molecule has 190 valence electrons. The zero-order valence-electron chi connectivity index (χ0n) is 21.2. The fourth-order valence-electron chi connectivity index (χ4n) is 5.20. The van der Waals surface area contributed by atoms with Gasteiger partial charge in [-0.2, -0.15) is 5.10 Å². The van der Waals surface area contributed by atoms with Crippen molar-refractivity contribution in [2.45, 2.75) is 0 Å². The number of hydrogen-bond acceptors (Lipinski definition) is 5. The molecular weight excluding hydrogens is 498 g/mol. The standard InChI is InChI=1S/C32H21N7O/c1-2-10-28-25(9-1)26-13-12-24(20-29(26)39(28)31-11-3-4-15-33-31)40-23-8-5-7-22(19-23)38-21-30-27(36-38)14-18-37(30)32-34-16-6-17-35-32/h1-21H. The number of pyridine rings is 1. The minimum absolute atomic E-state index is 0.604. The molecule has 40 heavy (non-hydrogen) atoms. The Hall–Kier alpha value is -5.76. The summed E-state index contributed by atoms with van der Waals surface area (Å²) < 4.78 is 12.3. The number of benzene rings is 3. The van der Waals surface area contributed by atoms with Crippen LogP contribution in [0.15, 0.2) is 128 Å². The molecule has 8 rings (SSSR count). The summed E-state index contributed by atoms with van der Waals surface area (Å²) in [5.74, 6) is 2.92. The monoisotopic (exact) mass is 519 g/mol. The predicted octanol–water partition coefficient (Wildman–Crippen LogP) is 6.89. The van der Waals surface area contributed by atoms with Crippen LogP contribution < -0.4 is 4.74 Å². The van der Waals surface area contributed by atoms with Gasteiger partial charge >= 0.3 is 0 Å². The van der Waals surface area contributed by atoms with Crippen LogP contribution in [0, 0.1) is 0 Å². The predicted molar refractivity (Wildman–Crippen MR) is 155 cm³/mol. The van der Waals surface area contributed by atoms with Crippen LogP contribution in [0.25, 0.3) is 50.3 Å². The lowest BCUT2D eigenvalue weighted by Crippen LogP contribution is -1.98. The average Bonchev–Trinajstić information content (AvgIpc) is 3.69. The van der Waals surface area contributed by atoms with E-state index in [0.29, 0.717) is 11.7 Å². The first-order chi connectivity index (χ1) is 19.8. The maximum atomic E-state index is 6.38. The lowest BCUT2D eigenvalue weighted by molar-refractivity contribution is 0.483. The average molecular weight is 520 g/mol. The van der Waals surface area contributed by atoms with Gasteiger partial charge in [-0.3, -0.25) is 9.13 Å². The summed E-state index contributed by atoms with van der Waals surface area (Å²) in [6, 6.07) is 32.2. The highest BCUT2D eigenvalue weighted by molar-refractivity contribution is 6.09. The summed E-state index contributed by atoms with van der Waals surface area (Å²) in [6.07, 6.45) is 9.17. The van der Waals surface area contributed by atoms with Crippen LogP contribution in [0.5, 0.6) is 11.5 Å². The Morgan fingerprint density at radius 2 is 1.43 bits per heavy atom. The van der Waals surface area contributed by atoms with Crippen molar-refractivity contribution >= 4 is 32.8 Å². The smallest absolute Gasteiger partial charge is 0.234 e. The molecule has 0 radical (unpaired) electrons. The normalized spacial score (nSPS) is 11.5. The van der Waals surface area contributed by atoms with Gasteiger partial charge in [-0.25, -0.2) is 19.6 Å². The lowest BCUT2D eigenvalue weighted by atomic mass is 10.1. The Morgan fingerprint density at radius 3 is 2.33 bits per heavy atom. The van der Waals surface area contributed by atoms with Gasteiger partial charge in [-0.1, -0.05) is 30.3 Å². The van der Waals surface area contributed by atoms with E-state index in [2.05, 4.69) is 55.9 Å². The molecule has 0 fully saturated rings. The SMILES string of the molecule is c1ccc(-n2c3ccccc3c3ccc(Oc4cccc(-n5cc6c(ccn6-c6ncccn6)n5)c4)cc32)nc1. The Morgan fingerprint density at radius 1 is 0.600 bits per heavy atom. The molecule has 0 aliphatic carbocycles. The van der Waals surface area contributed by atoms with Crippen molar-refractivity contribution in [3.63, 3.8) is 0 Å². The van der Waals surface area contributed by atoms with Crippen molar-refractivity contribution in [3.05, 3.63) is 128 Å². The third-order valence-corrected chi connectivity index (χ3v) is 6.97. The van der Waals surface area contributed by atoms with Crippen molar-refractivity contribution in [3.8, 4) is 29.0 Å². The van der Waals surface area contributed by atoms with Gasteiger partial charge in [0.25, 0.3) is 0 Å². The summed E-state index contributed by atoms with van der Waals surface area (Å²) in [5.41, 5.74) is 4.80. The second-order valence-corrected chi connectivity index (χ2v) is 9.40. The van der Waals surface area contributed by atoms with Gasteiger partial charge in [0.15, 0.2) is 0 Å². The van der Waals surface area contributed by atoms with Crippen molar-refractivity contribution < 1.29 is 4.74 Å². The molecule has 8 heteroatoms. The molecule has 0 saturated carbocycles. The highest BCUT2D eigenvalue weighted by atomic mass is 16.5. The first kappa shape index (κ1) is 22.2. The second-order valence-electron chi connectivity index (χ2n) is 9.40. The van der Waals surface area contributed by atoms with E-state index in [9.17, 15) is 0 Å². The quantitative estimate of drug-likeness (QED) is 0.247. The number of ether oxygens (including phenoxy) is 1. The largest absolute Gasteiger partial charge is 0.457 e. The zero-order chi connectivity index (χ0) is 26.5. The van der Waals surface area contributed by atoms with Crippen LogP contribution in [0.3, 0.4) is 0 Å². The summed E-state index contributed by atoms with van der Waals surface area (Å²) >= 11 is 0. The number of nitrogens with zero attached hydrogens (tertiary/aromatic N) is 7. The number of aromatic nitrogens is 7. The maximum Gasteiger partial charge on any atom is 0.234 e. The topological polar surface area (TPSA) is 75.6 Å². The van der Waals surface area contributed by atoms with Gasteiger partial charge in [0.1, 0.15) is 22.8 Å². The van der Waals surface area contributed by atoms with E-state index in [1.165, 1.54) is 5.39 Å². The van der Waals surface area contributed by atoms with Crippen LogP contribution in [-0.4, -0.2) is 33.9 Å². The Labute approximate surface area is 228 Å². The summed E-state index contributed by atoms with van der Waals surface area (Å²) in [4.78, 5) is 13.4. The first-order valence-corrected chi connectivity index (χ1v) is 12.9. The molecule has 0 saturated heterocycles. The van der Waals surface area contributed by atoms with E-state index in [1.54, 1.807) is 18.5 Å². The van der Waals surface area contributed by atoms with Crippen LogP contribution in [-0.2, 0) is 0 Å². The molecule has 0 spiro atoms. The van der Waals surface area contributed by atoms with Gasteiger partial charge in [0, 0.05) is 47.7 Å². The van der Waals surface area contributed by atoms with Crippen LogP contribution >= 0.6 is 0 Å². The van der Waals surface area contributed by atoms with E-state index >= 15 is 0 Å². The highest BCUT2D eigenvalue weighted by Crippen LogP contribution is 2.35. The molecule has 3 aromatic carbocycles. The highest BCUT2D eigenvalue weighted by Gasteiger charge is 2.14. The van der Waals surface area contributed by atoms with Gasteiger partial charge in [0.2, 0.25) is 5.95 Å².